The summed E-state index contributed by atoms with van der Waals surface area (Å²) in [5.41, 5.74) is 1.24. The van der Waals surface area contributed by atoms with Crippen LogP contribution in [0.1, 0.15) is 44.0 Å². The minimum atomic E-state index is -0.267. The fourth-order valence-electron chi connectivity index (χ4n) is 2.11. The molecule has 23 heavy (non-hydrogen) atoms. The first-order chi connectivity index (χ1) is 10.9. The van der Waals surface area contributed by atoms with Crippen molar-refractivity contribution in [2.45, 2.75) is 39.7 Å². The summed E-state index contributed by atoms with van der Waals surface area (Å²) in [6.45, 7) is 6.32. The van der Waals surface area contributed by atoms with Crippen LogP contribution < -0.4 is 5.32 Å². The van der Waals surface area contributed by atoms with E-state index in [4.69, 9.17) is 0 Å². The molecule has 0 bridgehead atoms. The Balaban J connectivity index is 2.03. The lowest BCUT2D eigenvalue weighted by Crippen LogP contribution is -2.38. The van der Waals surface area contributed by atoms with Crippen LogP contribution in [-0.4, -0.2) is 43.6 Å². The van der Waals surface area contributed by atoms with Crippen molar-refractivity contribution >= 4 is 5.91 Å². The van der Waals surface area contributed by atoms with Gasteiger partial charge in [-0.3, -0.25) is 9.78 Å². The van der Waals surface area contributed by atoms with Gasteiger partial charge < -0.3 is 10.4 Å². The summed E-state index contributed by atoms with van der Waals surface area (Å²) in [6.07, 6.45) is 7.97. The van der Waals surface area contributed by atoms with Gasteiger partial charge in [0.1, 0.15) is 0 Å². The molecule has 0 saturated heterocycles. The maximum Gasteiger partial charge on any atom is 0.253 e. The molecule has 0 aliphatic heterocycles. The maximum absolute atomic E-state index is 12.4. The van der Waals surface area contributed by atoms with Crippen molar-refractivity contribution in [3.63, 3.8) is 0 Å². The number of aliphatic hydroxyl groups is 1. The lowest BCUT2D eigenvalue weighted by molar-refractivity contribution is 0.0907. The number of hydrogen-bond donors (Lipinski definition) is 2. The second-order valence-electron chi connectivity index (χ2n) is 6.73. The maximum atomic E-state index is 12.4. The minimum Gasteiger partial charge on any atom is -0.394 e. The summed E-state index contributed by atoms with van der Waals surface area (Å²) in [4.78, 5) is 16.4. The second-order valence-corrected chi connectivity index (χ2v) is 6.73. The van der Waals surface area contributed by atoms with Crippen molar-refractivity contribution in [3.05, 3.63) is 36.4 Å². The molecule has 0 aliphatic carbocycles. The van der Waals surface area contributed by atoms with Crippen LogP contribution in [0.15, 0.2) is 30.9 Å². The average molecular weight is 317 g/mol. The van der Waals surface area contributed by atoms with E-state index in [9.17, 15) is 9.90 Å². The van der Waals surface area contributed by atoms with E-state index in [1.165, 1.54) is 10.9 Å². The van der Waals surface area contributed by atoms with Gasteiger partial charge in [0, 0.05) is 6.20 Å². The molecule has 2 aromatic heterocycles. The number of carbonyl (C=O) groups excluding carboxylic acids is 1. The normalized spacial score (nSPS) is 12.9. The van der Waals surface area contributed by atoms with Crippen molar-refractivity contribution in [2.24, 2.45) is 5.41 Å². The third-order valence-corrected chi connectivity index (χ3v) is 3.47. The summed E-state index contributed by atoms with van der Waals surface area (Å²) in [6, 6.07) is 1.42. The highest BCUT2D eigenvalue weighted by atomic mass is 16.3. The molecule has 2 heterocycles. The fraction of sp³-hybridized carbons (Fsp3) is 0.500. The first-order valence-electron chi connectivity index (χ1n) is 7.62. The number of aromatic nitrogens is 4. The van der Waals surface area contributed by atoms with Crippen molar-refractivity contribution < 1.29 is 9.90 Å². The number of pyridine rings is 1. The van der Waals surface area contributed by atoms with Gasteiger partial charge in [-0.05, 0) is 24.3 Å². The summed E-state index contributed by atoms with van der Waals surface area (Å²) in [5, 5.41) is 19.9. The van der Waals surface area contributed by atoms with Crippen molar-refractivity contribution in [1.29, 1.82) is 0 Å². The Morgan fingerprint density at radius 1 is 1.39 bits per heavy atom. The summed E-state index contributed by atoms with van der Waals surface area (Å²) < 4.78 is 1.53. The monoisotopic (exact) mass is 317 g/mol. The molecule has 7 nitrogen and oxygen atoms in total. The number of aliphatic hydroxyl groups excluding tert-OH is 1. The number of nitrogens with zero attached hydrogens (tertiary/aromatic N) is 4. The first kappa shape index (κ1) is 17.1. The third-order valence-electron chi connectivity index (χ3n) is 3.47. The number of amides is 1. The molecule has 0 fully saturated rings. The van der Waals surface area contributed by atoms with Gasteiger partial charge in [0.25, 0.3) is 5.91 Å². The Bertz CT molecular complexity index is 634. The predicted octanol–water partition coefficient (Wildman–Crippen LogP) is 1.58. The molecule has 124 valence electrons. The van der Waals surface area contributed by atoms with E-state index in [1.807, 2.05) is 0 Å². The largest absolute Gasteiger partial charge is 0.394 e. The lowest BCUT2D eigenvalue weighted by atomic mass is 9.89. The van der Waals surface area contributed by atoms with Gasteiger partial charge in [-0.1, -0.05) is 26.0 Å². The molecule has 1 amide bonds. The number of hydrogen-bond acceptors (Lipinski definition) is 5. The van der Waals surface area contributed by atoms with Crippen molar-refractivity contribution in [2.75, 3.05) is 6.61 Å². The molecular weight excluding hydrogens is 294 g/mol. The van der Waals surface area contributed by atoms with Gasteiger partial charge in [0.15, 0.2) is 0 Å². The summed E-state index contributed by atoms with van der Waals surface area (Å²) in [7, 11) is 0. The minimum absolute atomic E-state index is 0.0853. The zero-order valence-electron chi connectivity index (χ0n) is 13.7. The van der Waals surface area contributed by atoms with Gasteiger partial charge in [-0.15, -0.1) is 5.10 Å². The van der Waals surface area contributed by atoms with E-state index in [0.717, 1.165) is 12.8 Å². The molecule has 0 saturated carbocycles. The van der Waals surface area contributed by atoms with Crippen molar-refractivity contribution in [3.8, 4) is 5.69 Å². The van der Waals surface area contributed by atoms with E-state index in [2.05, 4.69) is 41.4 Å². The molecule has 7 heteroatoms. The molecule has 0 unspecified atom stereocenters. The van der Waals surface area contributed by atoms with Crippen LogP contribution in [0.5, 0.6) is 0 Å². The van der Waals surface area contributed by atoms with Crippen LogP contribution in [0.25, 0.3) is 5.69 Å². The first-order valence-corrected chi connectivity index (χ1v) is 7.62. The standard InChI is InChI=1S/C16H23N5O2/c1-16(2,3)5-4-13(11-22)19-15(23)12-8-14(10-17-9-12)21-7-6-18-20-21/h6-10,13,22H,4-5,11H2,1-3H3,(H,19,23)/t13-/m1/s1. The van der Waals surface area contributed by atoms with Crippen LogP contribution in [0.2, 0.25) is 0 Å². The summed E-state index contributed by atoms with van der Waals surface area (Å²) in [5.74, 6) is -0.257. The van der Waals surface area contributed by atoms with Gasteiger partial charge >= 0.3 is 0 Å². The third kappa shape index (κ3) is 5.14. The topological polar surface area (TPSA) is 92.9 Å². The van der Waals surface area contributed by atoms with Crippen LogP contribution in [0.3, 0.4) is 0 Å². The Hall–Kier alpha value is -2.28. The lowest BCUT2D eigenvalue weighted by Gasteiger charge is -2.22. The molecule has 2 aromatic rings. The van der Waals surface area contributed by atoms with Gasteiger partial charge in [-0.2, -0.15) is 0 Å². The van der Waals surface area contributed by atoms with Gasteiger partial charge in [-0.25, -0.2) is 4.68 Å². The molecule has 2 N–H and O–H groups in total. The molecular formula is C16H23N5O2. The highest BCUT2D eigenvalue weighted by molar-refractivity contribution is 5.94. The Morgan fingerprint density at radius 2 is 2.17 bits per heavy atom. The van der Waals surface area contributed by atoms with E-state index < -0.39 is 0 Å². The van der Waals surface area contributed by atoms with Crippen molar-refractivity contribution in [1.82, 2.24) is 25.3 Å². The molecule has 1 atom stereocenters. The Kier molecular flexibility index (Phi) is 5.44. The van der Waals surface area contributed by atoms with Crippen LogP contribution in [0, 0.1) is 5.41 Å². The zero-order chi connectivity index (χ0) is 16.9. The van der Waals surface area contributed by atoms with Crippen LogP contribution in [0.4, 0.5) is 0 Å². The highest BCUT2D eigenvalue weighted by Crippen LogP contribution is 2.21. The molecule has 0 radical (unpaired) electrons. The number of rotatable bonds is 6. The van der Waals surface area contributed by atoms with E-state index in [1.54, 1.807) is 24.7 Å². The second kappa shape index (κ2) is 7.32. The Labute approximate surface area is 135 Å². The number of carbonyl (C=O) groups is 1. The zero-order valence-corrected chi connectivity index (χ0v) is 13.7. The van der Waals surface area contributed by atoms with Crippen LogP contribution >= 0.6 is 0 Å². The Morgan fingerprint density at radius 3 is 2.78 bits per heavy atom. The van der Waals surface area contributed by atoms with Crippen LogP contribution in [-0.2, 0) is 0 Å². The molecule has 2 rings (SSSR count). The average Bonchev–Trinajstić information content (AvgIpc) is 3.05. The summed E-state index contributed by atoms with van der Waals surface area (Å²) >= 11 is 0. The highest BCUT2D eigenvalue weighted by Gasteiger charge is 2.18. The molecule has 0 aromatic carbocycles. The van der Waals surface area contributed by atoms with Gasteiger partial charge in [0.05, 0.1) is 42.5 Å². The van der Waals surface area contributed by atoms with E-state index in [0.29, 0.717) is 11.3 Å². The SMILES string of the molecule is CC(C)(C)CC[C@H](CO)NC(=O)c1cncc(-n2ccnn2)c1. The van der Waals surface area contributed by atoms with E-state index in [-0.39, 0.29) is 24.0 Å². The fourth-order valence-corrected chi connectivity index (χ4v) is 2.11. The van der Waals surface area contributed by atoms with E-state index >= 15 is 0 Å². The van der Waals surface area contributed by atoms with Gasteiger partial charge in [0.2, 0.25) is 0 Å². The predicted molar refractivity (Wildman–Crippen MR) is 86.2 cm³/mol. The number of nitrogens with one attached hydrogen (secondary N) is 1. The molecule has 0 aliphatic rings. The smallest absolute Gasteiger partial charge is 0.253 e. The molecule has 0 spiro atoms. The quantitative estimate of drug-likeness (QED) is 0.844.